The Kier molecular flexibility index (Phi) is 6.64. The molecule has 0 aliphatic heterocycles. The summed E-state index contributed by atoms with van der Waals surface area (Å²) in [5.41, 5.74) is 2.84. The molecule has 0 saturated heterocycles. The Morgan fingerprint density at radius 2 is 1.64 bits per heavy atom. The number of rotatable bonds is 9. The van der Waals surface area contributed by atoms with E-state index in [1.165, 1.54) is 12.8 Å². The lowest BCUT2D eigenvalue weighted by Gasteiger charge is -2.12. The molecule has 4 nitrogen and oxygen atoms in total. The molecular weight excluding hydrogens is 352 g/mol. The van der Waals surface area contributed by atoms with Gasteiger partial charge in [-0.15, -0.1) is 0 Å². The number of aliphatic carboxylic acids is 1. The van der Waals surface area contributed by atoms with Crippen molar-refractivity contribution in [2.75, 3.05) is 6.61 Å². The molecule has 2 aromatic rings. The van der Waals surface area contributed by atoms with Crippen molar-refractivity contribution in [1.82, 2.24) is 0 Å². The van der Waals surface area contributed by atoms with Crippen LogP contribution in [0.1, 0.15) is 49.4 Å². The van der Waals surface area contributed by atoms with Gasteiger partial charge in [0.1, 0.15) is 5.75 Å². The van der Waals surface area contributed by atoms with Gasteiger partial charge in [0, 0.05) is 11.1 Å². The quantitative estimate of drug-likeness (QED) is 0.460. The van der Waals surface area contributed by atoms with E-state index in [0.717, 1.165) is 29.9 Å². The number of carboxylic acids is 1. The Balaban J connectivity index is 1.65. The third-order valence-corrected chi connectivity index (χ3v) is 5.13. The highest BCUT2D eigenvalue weighted by molar-refractivity contribution is 6.05. The minimum Gasteiger partial charge on any atom is -0.494 e. The van der Waals surface area contributed by atoms with Crippen molar-refractivity contribution >= 4 is 11.8 Å². The van der Waals surface area contributed by atoms with Gasteiger partial charge in [0.25, 0.3) is 0 Å². The highest BCUT2D eigenvalue weighted by Crippen LogP contribution is 2.30. The summed E-state index contributed by atoms with van der Waals surface area (Å²) >= 11 is 0. The van der Waals surface area contributed by atoms with E-state index >= 15 is 0 Å². The van der Waals surface area contributed by atoms with Crippen molar-refractivity contribution in [1.29, 1.82) is 0 Å². The normalized spacial score (nSPS) is 15.9. The molecule has 1 N–H and O–H groups in total. The minimum absolute atomic E-state index is 0.117. The van der Waals surface area contributed by atoms with Crippen LogP contribution >= 0.6 is 0 Å². The fourth-order valence-corrected chi connectivity index (χ4v) is 3.53. The third-order valence-electron chi connectivity index (χ3n) is 5.13. The molecular formula is C24H26O4. The first-order valence-corrected chi connectivity index (χ1v) is 9.91. The van der Waals surface area contributed by atoms with Gasteiger partial charge in [-0.2, -0.15) is 0 Å². The van der Waals surface area contributed by atoms with Gasteiger partial charge in [0.15, 0.2) is 5.78 Å². The first kappa shape index (κ1) is 19.9. The standard InChI is InChI=1S/C24H26O4/c1-2-3-4-16-28-20-14-12-18(13-15-20)17-8-10-19(11-9-17)23(25)21-6-5-7-22(21)24(26)27/h7-15,21H,2-6,16H2,1H3,(H,26,27). The second kappa shape index (κ2) is 9.36. The van der Waals surface area contributed by atoms with E-state index in [1.54, 1.807) is 18.2 Å². The molecule has 0 radical (unpaired) electrons. The van der Waals surface area contributed by atoms with Crippen LogP contribution in [-0.4, -0.2) is 23.5 Å². The van der Waals surface area contributed by atoms with Gasteiger partial charge in [-0.1, -0.05) is 62.2 Å². The zero-order valence-electron chi connectivity index (χ0n) is 16.2. The van der Waals surface area contributed by atoms with Crippen LogP contribution in [0.2, 0.25) is 0 Å². The molecule has 1 aliphatic rings. The highest BCUT2D eigenvalue weighted by atomic mass is 16.5. The molecule has 0 spiro atoms. The number of carbonyl (C=O) groups excluding carboxylic acids is 1. The lowest BCUT2D eigenvalue weighted by Crippen LogP contribution is -2.18. The smallest absolute Gasteiger partial charge is 0.331 e. The van der Waals surface area contributed by atoms with Crippen molar-refractivity contribution < 1.29 is 19.4 Å². The zero-order chi connectivity index (χ0) is 19.9. The molecule has 3 rings (SSSR count). The zero-order valence-corrected chi connectivity index (χ0v) is 16.2. The number of carbonyl (C=O) groups is 2. The SMILES string of the molecule is CCCCCOc1ccc(-c2ccc(C(=O)C3CCC=C3C(=O)O)cc2)cc1. The molecule has 2 aromatic carbocycles. The van der Waals surface area contributed by atoms with Crippen LogP contribution in [0, 0.1) is 5.92 Å². The lowest BCUT2D eigenvalue weighted by atomic mass is 9.91. The molecule has 146 valence electrons. The number of ketones is 1. The molecule has 28 heavy (non-hydrogen) atoms. The van der Waals surface area contributed by atoms with Crippen molar-refractivity contribution in [2.45, 2.75) is 39.0 Å². The summed E-state index contributed by atoms with van der Waals surface area (Å²) in [6.07, 6.45) is 6.28. The minimum atomic E-state index is -0.996. The molecule has 0 aromatic heterocycles. The summed E-state index contributed by atoms with van der Waals surface area (Å²) in [6, 6.07) is 15.3. The van der Waals surface area contributed by atoms with Crippen LogP contribution in [-0.2, 0) is 4.79 Å². The third kappa shape index (κ3) is 4.69. The van der Waals surface area contributed by atoms with Gasteiger partial charge < -0.3 is 9.84 Å². The number of carboxylic acid groups (broad SMARTS) is 1. The van der Waals surface area contributed by atoms with Crippen LogP contribution in [0.5, 0.6) is 5.75 Å². The van der Waals surface area contributed by atoms with Crippen LogP contribution < -0.4 is 4.74 Å². The van der Waals surface area contributed by atoms with E-state index in [4.69, 9.17) is 4.74 Å². The van der Waals surface area contributed by atoms with Gasteiger partial charge in [-0.3, -0.25) is 4.79 Å². The summed E-state index contributed by atoms with van der Waals surface area (Å²) in [4.78, 5) is 24.0. The Morgan fingerprint density at radius 3 is 2.25 bits per heavy atom. The Bertz CT molecular complexity index is 847. The van der Waals surface area contributed by atoms with Gasteiger partial charge in [-0.05, 0) is 42.5 Å². The predicted octanol–water partition coefficient (Wildman–Crippen LogP) is 5.53. The van der Waals surface area contributed by atoms with Gasteiger partial charge in [0.05, 0.1) is 12.5 Å². The van der Waals surface area contributed by atoms with Crippen LogP contribution in [0.3, 0.4) is 0 Å². The molecule has 0 saturated carbocycles. The summed E-state index contributed by atoms with van der Waals surface area (Å²) < 4.78 is 5.74. The second-order valence-electron chi connectivity index (χ2n) is 7.12. The average Bonchev–Trinajstić information content (AvgIpc) is 3.22. The summed E-state index contributed by atoms with van der Waals surface area (Å²) in [5.74, 6) is -0.786. The molecule has 1 aliphatic carbocycles. The predicted molar refractivity (Wildman–Crippen MR) is 110 cm³/mol. The van der Waals surface area contributed by atoms with Gasteiger partial charge in [0.2, 0.25) is 0 Å². The molecule has 0 amide bonds. The van der Waals surface area contributed by atoms with Crippen molar-refractivity contribution in [3.8, 4) is 16.9 Å². The maximum atomic E-state index is 12.7. The number of ether oxygens (including phenoxy) is 1. The maximum Gasteiger partial charge on any atom is 0.331 e. The summed E-state index contributed by atoms with van der Waals surface area (Å²) in [5, 5.41) is 9.24. The maximum absolute atomic E-state index is 12.7. The van der Waals surface area contributed by atoms with E-state index in [9.17, 15) is 14.7 Å². The highest BCUT2D eigenvalue weighted by Gasteiger charge is 2.31. The molecule has 4 heteroatoms. The van der Waals surface area contributed by atoms with E-state index in [-0.39, 0.29) is 11.4 Å². The summed E-state index contributed by atoms with van der Waals surface area (Å²) in [7, 11) is 0. The first-order valence-electron chi connectivity index (χ1n) is 9.91. The van der Waals surface area contributed by atoms with E-state index in [0.29, 0.717) is 18.4 Å². The molecule has 0 fully saturated rings. The molecule has 1 unspecified atom stereocenters. The number of unbranched alkanes of at least 4 members (excludes halogenated alkanes) is 2. The molecule has 1 atom stereocenters. The van der Waals surface area contributed by atoms with E-state index in [1.807, 2.05) is 36.4 Å². The van der Waals surface area contributed by atoms with E-state index < -0.39 is 11.9 Å². The van der Waals surface area contributed by atoms with Gasteiger partial charge in [-0.25, -0.2) is 4.79 Å². The number of Topliss-reactive ketones (excluding diaryl/α,β-unsaturated/α-hetero) is 1. The Morgan fingerprint density at radius 1 is 1.00 bits per heavy atom. The lowest BCUT2D eigenvalue weighted by molar-refractivity contribution is -0.133. The summed E-state index contributed by atoms with van der Waals surface area (Å²) in [6.45, 7) is 2.90. The fourth-order valence-electron chi connectivity index (χ4n) is 3.53. The van der Waals surface area contributed by atoms with Crippen molar-refractivity contribution in [3.05, 3.63) is 65.7 Å². The number of allylic oxidation sites excluding steroid dienone is 1. The average molecular weight is 378 g/mol. The van der Waals surface area contributed by atoms with Crippen molar-refractivity contribution in [2.24, 2.45) is 5.92 Å². The van der Waals surface area contributed by atoms with Crippen LogP contribution in [0.25, 0.3) is 11.1 Å². The molecule has 0 heterocycles. The largest absolute Gasteiger partial charge is 0.494 e. The van der Waals surface area contributed by atoms with Gasteiger partial charge >= 0.3 is 5.97 Å². The van der Waals surface area contributed by atoms with Crippen molar-refractivity contribution in [3.63, 3.8) is 0 Å². The number of hydrogen-bond acceptors (Lipinski definition) is 3. The Hall–Kier alpha value is -2.88. The van der Waals surface area contributed by atoms with Crippen LogP contribution in [0.15, 0.2) is 60.2 Å². The monoisotopic (exact) mass is 378 g/mol. The van der Waals surface area contributed by atoms with E-state index in [2.05, 4.69) is 6.92 Å². The topological polar surface area (TPSA) is 63.6 Å². The fraction of sp³-hybridized carbons (Fsp3) is 0.333. The Labute approximate surface area is 165 Å². The number of benzene rings is 2. The first-order chi connectivity index (χ1) is 13.6. The number of hydrogen-bond donors (Lipinski definition) is 1. The second-order valence-corrected chi connectivity index (χ2v) is 7.12. The molecule has 0 bridgehead atoms. The van der Waals surface area contributed by atoms with Crippen LogP contribution in [0.4, 0.5) is 0 Å².